The molecule has 7 heteroatoms. The van der Waals surface area contributed by atoms with Crippen molar-refractivity contribution in [1.82, 2.24) is 14.8 Å². The number of carbonyl (C=O) groups is 2. The predicted molar refractivity (Wildman–Crippen MR) is 130 cm³/mol. The summed E-state index contributed by atoms with van der Waals surface area (Å²) < 4.78 is 0. The van der Waals surface area contributed by atoms with E-state index >= 15 is 0 Å². The molecule has 3 amide bonds. The molecule has 0 unspecified atom stereocenters. The topological polar surface area (TPSA) is 68.8 Å². The first-order valence-corrected chi connectivity index (χ1v) is 12.4. The first-order valence-electron chi connectivity index (χ1n) is 12.4. The van der Waals surface area contributed by atoms with Crippen LogP contribution in [0.1, 0.15) is 55.3 Å². The monoisotopic (exact) mass is 447 g/mol. The molecule has 2 fully saturated rings. The van der Waals surface area contributed by atoms with Gasteiger partial charge in [0.25, 0.3) is 5.91 Å². The van der Waals surface area contributed by atoms with Crippen LogP contribution >= 0.6 is 0 Å². The number of hydrogen-bond donors (Lipinski definition) is 1. The Morgan fingerprint density at radius 1 is 1.00 bits per heavy atom. The summed E-state index contributed by atoms with van der Waals surface area (Å²) >= 11 is 0. The normalized spacial score (nSPS) is 19.5. The Morgan fingerprint density at radius 2 is 1.79 bits per heavy atom. The average Bonchev–Trinajstić information content (AvgIpc) is 2.98. The summed E-state index contributed by atoms with van der Waals surface area (Å²) in [4.78, 5) is 37.1. The summed E-state index contributed by atoms with van der Waals surface area (Å²) in [6.07, 6.45) is 10.3. The van der Waals surface area contributed by atoms with Crippen LogP contribution in [0.5, 0.6) is 0 Å². The molecule has 0 spiro atoms. The second-order valence-electron chi connectivity index (χ2n) is 9.44. The molecular formula is C26H33N5O2. The lowest BCUT2D eigenvalue weighted by molar-refractivity contribution is 0.102. The average molecular weight is 448 g/mol. The minimum absolute atomic E-state index is 0.106. The number of nitrogens with zero attached hydrogens (tertiary/aromatic N) is 4. The summed E-state index contributed by atoms with van der Waals surface area (Å²) in [5, 5.41) is 2.91. The fourth-order valence-corrected chi connectivity index (χ4v) is 5.37. The molecule has 2 aromatic rings. The number of benzene rings is 1. The minimum Gasteiger partial charge on any atom is -0.324 e. The van der Waals surface area contributed by atoms with E-state index in [1.807, 2.05) is 23.1 Å². The molecule has 1 N–H and O–H groups in total. The van der Waals surface area contributed by atoms with Gasteiger partial charge >= 0.3 is 6.03 Å². The third-order valence-electron chi connectivity index (χ3n) is 7.25. The molecule has 0 atom stereocenters. The van der Waals surface area contributed by atoms with Crippen LogP contribution in [0.15, 0.2) is 42.6 Å². The van der Waals surface area contributed by atoms with Gasteiger partial charge in [-0.2, -0.15) is 0 Å². The highest BCUT2D eigenvalue weighted by molar-refractivity contribution is 6.16. The number of fused-ring (bicyclic) bond motifs is 2. The Balaban J connectivity index is 1.25. The van der Waals surface area contributed by atoms with Gasteiger partial charge in [-0.25, -0.2) is 14.7 Å². The van der Waals surface area contributed by atoms with Gasteiger partial charge in [0, 0.05) is 19.3 Å². The highest BCUT2D eigenvalue weighted by Gasteiger charge is 2.34. The maximum Gasteiger partial charge on any atom is 0.330 e. The van der Waals surface area contributed by atoms with Gasteiger partial charge in [0.15, 0.2) is 5.82 Å². The first-order chi connectivity index (χ1) is 16.2. The van der Waals surface area contributed by atoms with Crippen molar-refractivity contribution in [2.24, 2.45) is 5.92 Å². The molecular weight excluding hydrogens is 414 g/mol. The Morgan fingerprint density at radius 3 is 2.61 bits per heavy atom. The summed E-state index contributed by atoms with van der Waals surface area (Å²) in [5.41, 5.74) is 1.62. The molecule has 4 heterocycles. The van der Waals surface area contributed by atoms with Crippen molar-refractivity contribution < 1.29 is 9.59 Å². The number of carbonyl (C=O) groups excluding carboxylic acids is 2. The van der Waals surface area contributed by atoms with Gasteiger partial charge in [0.2, 0.25) is 0 Å². The number of aromatic nitrogens is 1. The molecule has 3 aliphatic heterocycles. The van der Waals surface area contributed by atoms with E-state index in [1.165, 1.54) is 51.7 Å². The van der Waals surface area contributed by atoms with Crippen molar-refractivity contribution in [1.29, 1.82) is 0 Å². The van der Waals surface area contributed by atoms with Gasteiger partial charge in [-0.3, -0.25) is 4.79 Å². The smallest absolute Gasteiger partial charge is 0.324 e. The fraction of sp³-hybridized carbons (Fsp3) is 0.500. The summed E-state index contributed by atoms with van der Waals surface area (Å²) in [7, 11) is 0. The van der Waals surface area contributed by atoms with E-state index in [4.69, 9.17) is 0 Å². The first kappa shape index (κ1) is 21.9. The minimum atomic E-state index is -0.220. The molecule has 7 nitrogen and oxygen atoms in total. The van der Waals surface area contributed by atoms with Crippen LogP contribution in [-0.2, 0) is 0 Å². The Labute approximate surface area is 195 Å². The molecule has 0 radical (unpaired) electrons. The summed E-state index contributed by atoms with van der Waals surface area (Å²) in [6, 6.07) is 10.7. The van der Waals surface area contributed by atoms with Crippen LogP contribution in [0.25, 0.3) is 0 Å². The third-order valence-corrected chi connectivity index (χ3v) is 7.25. The second-order valence-corrected chi connectivity index (χ2v) is 9.44. The van der Waals surface area contributed by atoms with Crippen molar-refractivity contribution >= 4 is 29.1 Å². The Kier molecular flexibility index (Phi) is 6.58. The van der Waals surface area contributed by atoms with E-state index in [0.717, 1.165) is 25.9 Å². The van der Waals surface area contributed by atoms with Crippen LogP contribution < -0.4 is 10.2 Å². The lowest BCUT2D eigenvalue weighted by atomic mass is 9.92. The molecule has 2 saturated heterocycles. The van der Waals surface area contributed by atoms with Crippen molar-refractivity contribution in [3.8, 4) is 0 Å². The van der Waals surface area contributed by atoms with Gasteiger partial charge in [0.1, 0.15) is 0 Å². The molecule has 3 aliphatic rings. The number of amides is 3. The van der Waals surface area contributed by atoms with E-state index in [1.54, 1.807) is 29.3 Å². The summed E-state index contributed by atoms with van der Waals surface area (Å²) in [5.74, 6) is 0.941. The van der Waals surface area contributed by atoms with Crippen LogP contribution in [-0.4, -0.2) is 59.4 Å². The molecule has 0 aliphatic carbocycles. The van der Waals surface area contributed by atoms with Crippen LogP contribution in [0, 0.1) is 5.92 Å². The molecule has 0 bridgehead atoms. The zero-order valence-electron chi connectivity index (χ0n) is 19.2. The van der Waals surface area contributed by atoms with Crippen LogP contribution in [0.3, 0.4) is 0 Å². The van der Waals surface area contributed by atoms with Gasteiger partial charge in [0.05, 0.1) is 16.9 Å². The van der Waals surface area contributed by atoms with E-state index in [0.29, 0.717) is 28.7 Å². The van der Waals surface area contributed by atoms with Gasteiger partial charge in [-0.05, 0) is 88.3 Å². The van der Waals surface area contributed by atoms with Crippen LogP contribution in [0.2, 0.25) is 0 Å². The molecule has 174 valence electrons. The Bertz CT molecular complexity index is 996. The van der Waals surface area contributed by atoms with E-state index in [9.17, 15) is 9.59 Å². The number of para-hydroxylation sites is 1. The van der Waals surface area contributed by atoms with E-state index in [2.05, 4.69) is 15.2 Å². The number of hydrogen-bond acceptors (Lipinski definition) is 4. The molecule has 5 rings (SSSR count). The van der Waals surface area contributed by atoms with Crippen molar-refractivity contribution in [2.45, 2.75) is 44.9 Å². The number of nitrogens with one attached hydrogen (secondary N) is 1. The predicted octanol–water partition coefficient (Wildman–Crippen LogP) is 4.88. The number of urea groups is 1. The highest BCUT2D eigenvalue weighted by Crippen LogP contribution is 2.37. The zero-order valence-corrected chi connectivity index (χ0v) is 19.2. The van der Waals surface area contributed by atoms with E-state index < -0.39 is 0 Å². The quantitative estimate of drug-likeness (QED) is 0.725. The number of pyridine rings is 1. The van der Waals surface area contributed by atoms with Crippen molar-refractivity contribution in [3.05, 3.63) is 48.2 Å². The maximum absolute atomic E-state index is 13.7. The molecule has 0 saturated carbocycles. The van der Waals surface area contributed by atoms with E-state index in [-0.39, 0.29) is 11.9 Å². The second kappa shape index (κ2) is 9.91. The van der Waals surface area contributed by atoms with Crippen molar-refractivity contribution in [3.63, 3.8) is 0 Å². The Hall–Kier alpha value is -2.93. The highest BCUT2D eigenvalue weighted by atomic mass is 16.2. The third kappa shape index (κ3) is 4.74. The number of rotatable bonds is 4. The maximum atomic E-state index is 13.7. The van der Waals surface area contributed by atoms with Crippen molar-refractivity contribution in [2.75, 3.05) is 42.9 Å². The van der Waals surface area contributed by atoms with Gasteiger partial charge in [-0.1, -0.05) is 18.6 Å². The molecule has 1 aromatic heterocycles. The summed E-state index contributed by atoms with van der Waals surface area (Å²) in [6.45, 7) is 5.23. The number of likely N-dealkylation sites (tertiary alicyclic amines) is 2. The fourth-order valence-electron chi connectivity index (χ4n) is 5.37. The van der Waals surface area contributed by atoms with Crippen LogP contribution in [0.4, 0.5) is 22.0 Å². The standard InChI is InChI=1S/C26H33N5O2/c32-25-21-9-2-3-11-23(21)31(24-22(28-25)10-6-14-27-24)26(33)30-18-12-20(13-19-30)8-7-17-29-15-4-1-5-16-29/h2-3,6,9-11,14,20H,1,4-5,7-8,12-13,15-19H2,(H,28,32). The largest absolute Gasteiger partial charge is 0.330 e. The lowest BCUT2D eigenvalue weighted by Gasteiger charge is -2.36. The van der Waals surface area contributed by atoms with Gasteiger partial charge in [-0.15, -0.1) is 0 Å². The molecule has 33 heavy (non-hydrogen) atoms. The lowest BCUT2D eigenvalue weighted by Crippen LogP contribution is -2.45. The number of piperidine rings is 2. The molecule has 1 aromatic carbocycles. The van der Waals surface area contributed by atoms with Gasteiger partial charge < -0.3 is 15.1 Å². The zero-order chi connectivity index (χ0) is 22.6. The number of anilines is 3. The SMILES string of the molecule is O=C1Nc2cccnc2N(C(=O)N2CCC(CCCN3CCCCC3)CC2)c2ccccc21.